The molecule has 0 amide bonds. The van der Waals surface area contributed by atoms with Gasteiger partial charge >= 0.3 is 0 Å². The molecule has 1 aromatic carbocycles. The van der Waals surface area contributed by atoms with Crippen LogP contribution in [0, 0.1) is 19.8 Å². The number of sulfonamides is 1. The maximum Gasteiger partial charge on any atom is 0.209 e. The van der Waals surface area contributed by atoms with Gasteiger partial charge in [0.1, 0.15) is 5.75 Å². The molecule has 1 rings (SSSR count). The van der Waals surface area contributed by atoms with Gasteiger partial charge in [-0.1, -0.05) is 31.0 Å². The number of rotatable bonds is 7. The largest absolute Gasteiger partial charge is 0.493 e. The van der Waals surface area contributed by atoms with Gasteiger partial charge in [0.2, 0.25) is 10.0 Å². The molecule has 5 heteroatoms. The van der Waals surface area contributed by atoms with Gasteiger partial charge in [0.25, 0.3) is 0 Å². The van der Waals surface area contributed by atoms with Crippen molar-refractivity contribution < 1.29 is 13.2 Å². The molecule has 0 spiro atoms. The Balaban J connectivity index is 2.65. The van der Waals surface area contributed by atoms with Gasteiger partial charge in [0.15, 0.2) is 0 Å². The van der Waals surface area contributed by atoms with E-state index in [1.54, 1.807) is 0 Å². The molecule has 0 aliphatic heterocycles. The molecule has 0 radical (unpaired) electrons. The van der Waals surface area contributed by atoms with Crippen LogP contribution in [0.5, 0.6) is 5.75 Å². The van der Waals surface area contributed by atoms with Crippen LogP contribution in [0.2, 0.25) is 0 Å². The minimum absolute atomic E-state index is 0.0221. The smallest absolute Gasteiger partial charge is 0.209 e. The highest BCUT2D eigenvalue weighted by atomic mass is 32.2. The van der Waals surface area contributed by atoms with Gasteiger partial charge in [-0.15, -0.1) is 0 Å². The average molecular weight is 285 g/mol. The third-order valence-corrected chi connectivity index (χ3v) is 3.91. The van der Waals surface area contributed by atoms with E-state index in [0.29, 0.717) is 6.61 Å². The standard InChI is InChI=1S/C14H23NO3S/c1-4-5-13(10-19(15,16)17)9-18-14-7-6-11(2)8-12(14)3/h6-8,13H,4-5,9-10H2,1-3H3,(H2,15,16,17). The number of hydrogen-bond acceptors (Lipinski definition) is 3. The molecule has 1 unspecified atom stereocenters. The molecular formula is C14H23NO3S. The van der Waals surface area contributed by atoms with Crippen LogP contribution >= 0.6 is 0 Å². The van der Waals surface area contributed by atoms with E-state index in [4.69, 9.17) is 9.88 Å². The summed E-state index contributed by atoms with van der Waals surface area (Å²) in [5.41, 5.74) is 2.24. The molecule has 4 nitrogen and oxygen atoms in total. The summed E-state index contributed by atoms with van der Waals surface area (Å²) in [6.07, 6.45) is 1.71. The highest BCUT2D eigenvalue weighted by Gasteiger charge is 2.16. The van der Waals surface area contributed by atoms with Gasteiger partial charge in [-0.3, -0.25) is 0 Å². The van der Waals surface area contributed by atoms with Crippen LogP contribution in [-0.2, 0) is 10.0 Å². The summed E-state index contributed by atoms with van der Waals surface area (Å²) in [4.78, 5) is 0. The van der Waals surface area contributed by atoms with Crippen molar-refractivity contribution in [2.45, 2.75) is 33.6 Å². The summed E-state index contributed by atoms with van der Waals surface area (Å²) in [7, 11) is -3.45. The molecule has 0 fully saturated rings. The van der Waals surface area contributed by atoms with Crippen LogP contribution in [0.3, 0.4) is 0 Å². The highest BCUT2D eigenvalue weighted by Crippen LogP contribution is 2.20. The molecular weight excluding hydrogens is 262 g/mol. The van der Waals surface area contributed by atoms with Gasteiger partial charge in [-0.05, 0) is 31.9 Å². The van der Waals surface area contributed by atoms with Crippen molar-refractivity contribution >= 4 is 10.0 Å². The summed E-state index contributed by atoms with van der Waals surface area (Å²) in [5.74, 6) is 0.730. The summed E-state index contributed by atoms with van der Waals surface area (Å²) < 4.78 is 28.1. The Hall–Kier alpha value is -1.07. The Morgan fingerprint density at radius 1 is 1.32 bits per heavy atom. The molecule has 0 aliphatic carbocycles. The first-order valence-corrected chi connectivity index (χ1v) is 8.24. The summed E-state index contributed by atoms with van der Waals surface area (Å²) >= 11 is 0. The second-order valence-corrected chi connectivity index (χ2v) is 6.72. The summed E-state index contributed by atoms with van der Waals surface area (Å²) in [6, 6.07) is 5.95. The zero-order valence-electron chi connectivity index (χ0n) is 11.8. The summed E-state index contributed by atoms with van der Waals surface area (Å²) in [5, 5.41) is 5.10. The molecule has 0 heterocycles. The molecule has 0 aliphatic rings. The maximum atomic E-state index is 11.2. The van der Waals surface area contributed by atoms with Crippen molar-refractivity contribution in [1.29, 1.82) is 0 Å². The van der Waals surface area contributed by atoms with Gasteiger partial charge in [0.05, 0.1) is 12.4 Å². The number of ether oxygens (including phenoxy) is 1. The Morgan fingerprint density at radius 3 is 2.53 bits per heavy atom. The lowest BCUT2D eigenvalue weighted by atomic mass is 10.1. The van der Waals surface area contributed by atoms with Crippen LogP contribution < -0.4 is 9.88 Å². The van der Waals surface area contributed by atoms with Crippen LogP contribution in [0.1, 0.15) is 30.9 Å². The van der Waals surface area contributed by atoms with Crippen molar-refractivity contribution in [3.05, 3.63) is 29.3 Å². The Morgan fingerprint density at radius 2 is 2.00 bits per heavy atom. The highest BCUT2D eigenvalue weighted by molar-refractivity contribution is 7.89. The van der Waals surface area contributed by atoms with Crippen LogP contribution in [0.4, 0.5) is 0 Å². The number of benzene rings is 1. The van der Waals surface area contributed by atoms with Crippen LogP contribution in [0.15, 0.2) is 18.2 Å². The number of aryl methyl sites for hydroxylation is 2. The van der Waals surface area contributed by atoms with Crippen LogP contribution in [-0.4, -0.2) is 20.8 Å². The van der Waals surface area contributed by atoms with Gasteiger partial charge < -0.3 is 4.74 Å². The Labute approximate surface area is 116 Å². The third-order valence-electron chi connectivity index (χ3n) is 2.97. The summed E-state index contributed by atoms with van der Waals surface area (Å²) in [6.45, 7) is 6.41. The number of nitrogens with two attached hydrogens (primary N) is 1. The fourth-order valence-electron chi connectivity index (χ4n) is 2.12. The van der Waals surface area contributed by atoms with E-state index in [-0.39, 0.29) is 11.7 Å². The minimum Gasteiger partial charge on any atom is -0.493 e. The molecule has 108 valence electrons. The topological polar surface area (TPSA) is 69.4 Å². The lowest BCUT2D eigenvalue weighted by Gasteiger charge is -2.17. The molecule has 1 atom stereocenters. The molecule has 0 saturated heterocycles. The quantitative estimate of drug-likeness (QED) is 0.836. The van der Waals surface area contributed by atoms with Crippen LogP contribution in [0.25, 0.3) is 0 Å². The van der Waals surface area contributed by atoms with Crippen molar-refractivity contribution in [3.8, 4) is 5.75 Å². The molecule has 1 aromatic rings. The third kappa shape index (κ3) is 6.07. The lowest BCUT2D eigenvalue weighted by Crippen LogP contribution is -2.27. The van der Waals surface area contributed by atoms with Crippen molar-refractivity contribution in [3.63, 3.8) is 0 Å². The number of primary sulfonamides is 1. The Kier molecular flexibility index (Phi) is 5.82. The van der Waals surface area contributed by atoms with E-state index in [1.165, 1.54) is 5.56 Å². The van der Waals surface area contributed by atoms with Crippen molar-refractivity contribution in [2.24, 2.45) is 11.1 Å². The fourth-order valence-corrected chi connectivity index (χ4v) is 3.04. The number of hydrogen-bond donors (Lipinski definition) is 1. The predicted octanol–water partition coefficient (Wildman–Crippen LogP) is 2.39. The zero-order valence-corrected chi connectivity index (χ0v) is 12.7. The first kappa shape index (κ1) is 16.0. The molecule has 0 saturated carbocycles. The van der Waals surface area contributed by atoms with E-state index < -0.39 is 10.0 Å². The predicted molar refractivity (Wildman–Crippen MR) is 77.8 cm³/mol. The van der Waals surface area contributed by atoms with Gasteiger partial charge in [-0.25, -0.2) is 13.6 Å². The maximum absolute atomic E-state index is 11.2. The molecule has 0 bridgehead atoms. The second kappa shape index (κ2) is 6.91. The average Bonchev–Trinajstić information content (AvgIpc) is 2.26. The monoisotopic (exact) mass is 285 g/mol. The van der Waals surface area contributed by atoms with E-state index in [2.05, 4.69) is 0 Å². The van der Waals surface area contributed by atoms with Gasteiger partial charge in [0, 0.05) is 5.92 Å². The lowest BCUT2D eigenvalue weighted by molar-refractivity contribution is 0.251. The van der Waals surface area contributed by atoms with Crippen molar-refractivity contribution in [1.82, 2.24) is 0 Å². The van der Waals surface area contributed by atoms with E-state index in [9.17, 15) is 8.42 Å². The minimum atomic E-state index is -3.45. The van der Waals surface area contributed by atoms with Crippen molar-refractivity contribution in [2.75, 3.05) is 12.4 Å². The SMILES string of the molecule is CCCC(COc1ccc(C)cc1C)CS(N)(=O)=O. The first-order valence-electron chi connectivity index (χ1n) is 6.52. The zero-order chi connectivity index (χ0) is 14.5. The Bertz CT molecular complexity index is 511. The van der Waals surface area contributed by atoms with E-state index in [0.717, 1.165) is 24.2 Å². The normalized spacial score (nSPS) is 13.3. The van der Waals surface area contributed by atoms with E-state index >= 15 is 0 Å². The molecule has 19 heavy (non-hydrogen) atoms. The first-order chi connectivity index (χ1) is 8.81. The molecule has 0 aromatic heterocycles. The molecule has 2 N–H and O–H groups in total. The second-order valence-electron chi connectivity index (χ2n) is 5.06. The van der Waals surface area contributed by atoms with Gasteiger partial charge in [-0.2, -0.15) is 0 Å². The van der Waals surface area contributed by atoms with E-state index in [1.807, 2.05) is 39.0 Å². The fraction of sp³-hybridized carbons (Fsp3) is 0.571.